The van der Waals surface area contributed by atoms with Crippen LogP contribution < -0.4 is 9.47 Å². The molecule has 1 fully saturated rings. The van der Waals surface area contributed by atoms with E-state index in [2.05, 4.69) is 0 Å². The normalized spacial score (nSPS) is 15.4. The zero-order chi connectivity index (χ0) is 20.1. The van der Waals surface area contributed by atoms with E-state index in [0.29, 0.717) is 54.7 Å². The summed E-state index contributed by atoms with van der Waals surface area (Å²) < 4.78 is 37.4. The second-order valence-corrected chi connectivity index (χ2v) is 9.52. The van der Waals surface area contributed by atoms with E-state index in [1.807, 2.05) is 18.2 Å². The molecule has 0 N–H and O–H groups in total. The molecule has 0 bridgehead atoms. The zero-order valence-corrected chi connectivity index (χ0v) is 17.6. The van der Waals surface area contributed by atoms with E-state index in [1.54, 1.807) is 36.6 Å². The molecular formula is C19H24N2O5S2. The average Bonchev–Trinajstić information content (AvgIpc) is 3.27. The number of carbonyl (C=O) groups is 1. The molecule has 1 aromatic carbocycles. The zero-order valence-electron chi connectivity index (χ0n) is 16.0. The van der Waals surface area contributed by atoms with E-state index in [-0.39, 0.29) is 5.91 Å². The summed E-state index contributed by atoms with van der Waals surface area (Å²) in [5.74, 6) is 1.32. The third-order valence-electron chi connectivity index (χ3n) is 4.76. The van der Waals surface area contributed by atoms with Gasteiger partial charge in [-0.15, -0.1) is 11.3 Å². The van der Waals surface area contributed by atoms with Crippen molar-refractivity contribution in [3.63, 3.8) is 0 Å². The maximum atomic E-state index is 12.6. The third kappa shape index (κ3) is 4.48. The van der Waals surface area contributed by atoms with Crippen molar-refractivity contribution in [1.82, 2.24) is 9.21 Å². The number of ether oxygens (including phenoxy) is 2. The second-order valence-electron chi connectivity index (χ2n) is 6.41. The first kappa shape index (κ1) is 20.6. The number of thiophene rings is 1. The molecule has 0 radical (unpaired) electrons. The number of benzene rings is 1. The maximum absolute atomic E-state index is 12.6. The van der Waals surface area contributed by atoms with Crippen molar-refractivity contribution in [3.8, 4) is 11.5 Å². The fourth-order valence-electron chi connectivity index (χ4n) is 3.16. The summed E-state index contributed by atoms with van der Waals surface area (Å²) in [6.45, 7) is 1.47. The van der Waals surface area contributed by atoms with E-state index < -0.39 is 10.0 Å². The smallest absolute Gasteiger partial charge is 0.252 e. The molecule has 1 aromatic heterocycles. The Balaban J connectivity index is 1.53. The van der Waals surface area contributed by atoms with Crippen molar-refractivity contribution in [2.45, 2.75) is 17.1 Å². The summed E-state index contributed by atoms with van der Waals surface area (Å²) >= 11 is 1.21. The van der Waals surface area contributed by atoms with Crippen molar-refractivity contribution in [2.24, 2.45) is 0 Å². The van der Waals surface area contributed by atoms with Crippen LogP contribution in [0, 0.1) is 0 Å². The fourth-order valence-corrected chi connectivity index (χ4v) is 5.73. The molecule has 2 heterocycles. The number of sulfonamides is 1. The predicted octanol–water partition coefficient (Wildman–Crippen LogP) is 2.23. The molecule has 28 heavy (non-hydrogen) atoms. The number of carbonyl (C=O) groups excluding carboxylic acids is 1. The van der Waals surface area contributed by atoms with Crippen LogP contribution in [0.15, 0.2) is 39.9 Å². The van der Waals surface area contributed by atoms with Gasteiger partial charge in [-0.3, -0.25) is 4.79 Å². The highest BCUT2D eigenvalue weighted by Gasteiger charge is 2.30. The molecule has 0 aliphatic carbocycles. The van der Waals surface area contributed by atoms with Crippen LogP contribution in [0.5, 0.6) is 11.5 Å². The lowest BCUT2D eigenvalue weighted by Gasteiger charge is -2.33. The van der Waals surface area contributed by atoms with E-state index in [0.717, 1.165) is 5.56 Å². The number of hydrogen-bond donors (Lipinski definition) is 0. The fraction of sp³-hybridized carbons (Fsp3) is 0.421. The van der Waals surface area contributed by atoms with Crippen LogP contribution in [0.4, 0.5) is 0 Å². The second kappa shape index (κ2) is 8.93. The first-order chi connectivity index (χ1) is 13.5. The molecule has 1 aliphatic rings. The molecule has 7 nitrogen and oxygen atoms in total. The summed E-state index contributed by atoms with van der Waals surface area (Å²) in [5.41, 5.74) is 0.991. The van der Waals surface area contributed by atoms with Crippen LogP contribution in [-0.2, 0) is 21.2 Å². The lowest BCUT2D eigenvalue weighted by Crippen LogP contribution is -2.50. The van der Waals surface area contributed by atoms with Gasteiger partial charge in [0.05, 0.1) is 14.2 Å². The predicted molar refractivity (Wildman–Crippen MR) is 108 cm³/mol. The van der Waals surface area contributed by atoms with Gasteiger partial charge in [0.1, 0.15) is 4.21 Å². The Morgan fingerprint density at radius 1 is 1.07 bits per heavy atom. The minimum Gasteiger partial charge on any atom is -0.493 e. The van der Waals surface area contributed by atoms with Crippen molar-refractivity contribution in [3.05, 3.63) is 41.3 Å². The maximum Gasteiger partial charge on any atom is 0.252 e. The Labute approximate surface area is 169 Å². The molecule has 0 spiro atoms. The average molecular weight is 425 g/mol. The number of piperazine rings is 1. The van der Waals surface area contributed by atoms with Gasteiger partial charge in [0.25, 0.3) is 10.0 Å². The van der Waals surface area contributed by atoms with E-state index >= 15 is 0 Å². The van der Waals surface area contributed by atoms with Crippen molar-refractivity contribution < 1.29 is 22.7 Å². The minimum atomic E-state index is -3.45. The number of rotatable bonds is 7. The van der Waals surface area contributed by atoms with Crippen molar-refractivity contribution in [1.29, 1.82) is 0 Å². The Bertz CT molecular complexity index is 904. The van der Waals surface area contributed by atoms with Gasteiger partial charge in [-0.1, -0.05) is 12.1 Å². The lowest BCUT2D eigenvalue weighted by atomic mass is 10.1. The molecule has 0 unspecified atom stereocenters. The third-order valence-corrected chi connectivity index (χ3v) is 8.03. The lowest BCUT2D eigenvalue weighted by molar-refractivity contribution is -0.132. The molecule has 1 saturated heterocycles. The highest BCUT2D eigenvalue weighted by Crippen LogP contribution is 2.28. The van der Waals surface area contributed by atoms with Crippen molar-refractivity contribution in [2.75, 3.05) is 40.4 Å². The Morgan fingerprint density at radius 2 is 1.79 bits per heavy atom. The number of aryl methyl sites for hydroxylation is 1. The van der Waals surface area contributed by atoms with E-state index in [9.17, 15) is 13.2 Å². The van der Waals surface area contributed by atoms with Gasteiger partial charge in [0.15, 0.2) is 11.5 Å². The van der Waals surface area contributed by atoms with Gasteiger partial charge in [0.2, 0.25) is 5.91 Å². The van der Waals surface area contributed by atoms with Crippen molar-refractivity contribution >= 4 is 27.3 Å². The van der Waals surface area contributed by atoms with Gasteiger partial charge < -0.3 is 14.4 Å². The van der Waals surface area contributed by atoms with Crippen LogP contribution in [-0.4, -0.2) is 63.9 Å². The van der Waals surface area contributed by atoms with Crippen LogP contribution >= 0.6 is 11.3 Å². The minimum absolute atomic E-state index is 0.0305. The molecule has 9 heteroatoms. The number of hydrogen-bond acceptors (Lipinski definition) is 6. The first-order valence-corrected chi connectivity index (χ1v) is 11.3. The summed E-state index contributed by atoms with van der Waals surface area (Å²) in [5, 5.41) is 1.75. The highest BCUT2D eigenvalue weighted by atomic mass is 32.2. The summed E-state index contributed by atoms with van der Waals surface area (Å²) in [4.78, 5) is 14.3. The molecule has 0 atom stereocenters. The Kier molecular flexibility index (Phi) is 6.58. The van der Waals surface area contributed by atoms with Crippen LogP contribution in [0.1, 0.15) is 12.0 Å². The monoisotopic (exact) mass is 424 g/mol. The highest BCUT2D eigenvalue weighted by molar-refractivity contribution is 7.91. The Hall–Kier alpha value is -2.10. The molecule has 2 aromatic rings. The first-order valence-electron chi connectivity index (χ1n) is 8.98. The molecule has 0 saturated carbocycles. The molecule has 1 amide bonds. The molecule has 3 rings (SSSR count). The number of methoxy groups -OCH3 is 2. The quantitative estimate of drug-likeness (QED) is 0.681. The van der Waals surface area contributed by atoms with Gasteiger partial charge in [0, 0.05) is 32.6 Å². The summed E-state index contributed by atoms with van der Waals surface area (Å²) in [7, 11) is -0.287. The summed E-state index contributed by atoms with van der Waals surface area (Å²) in [6, 6.07) is 8.96. The van der Waals surface area contributed by atoms with Gasteiger partial charge in [-0.05, 0) is 35.6 Å². The largest absolute Gasteiger partial charge is 0.493 e. The molecule has 1 aliphatic heterocycles. The van der Waals surface area contributed by atoms with Crippen LogP contribution in [0.2, 0.25) is 0 Å². The summed E-state index contributed by atoms with van der Waals surface area (Å²) in [6.07, 6.45) is 0.958. The number of amides is 1. The Morgan fingerprint density at radius 3 is 2.39 bits per heavy atom. The topological polar surface area (TPSA) is 76.2 Å². The molecular weight excluding hydrogens is 400 g/mol. The molecule has 152 valence electrons. The van der Waals surface area contributed by atoms with Crippen LogP contribution in [0.3, 0.4) is 0 Å². The van der Waals surface area contributed by atoms with E-state index in [4.69, 9.17) is 9.47 Å². The van der Waals surface area contributed by atoms with E-state index in [1.165, 1.54) is 15.6 Å². The van der Waals surface area contributed by atoms with Gasteiger partial charge in [-0.25, -0.2) is 8.42 Å². The SMILES string of the molecule is COc1ccc(CCC(=O)N2CCN(S(=O)(=O)c3cccs3)CC2)cc1OC. The number of nitrogens with zero attached hydrogens (tertiary/aromatic N) is 2. The van der Waals surface area contributed by atoms with Gasteiger partial charge >= 0.3 is 0 Å². The van der Waals surface area contributed by atoms with Gasteiger partial charge in [-0.2, -0.15) is 4.31 Å². The standard InChI is InChI=1S/C19H24N2O5S2/c1-25-16-7-5-15(14-17(16)26-2)6-8-18(22)20-9-11-21(12-10-20)28(23,24)19-4-3-13-27-19/h3-5,7,13-14H,6,8-12H2,1-2H3. The van der Waals surface area contributed by atoms with Crippen LogP contribution in [0.25, 0.3) is 0 Å².